The quantitative estimate of drug-likeness (QED) is 0.848. The van der Waals surface area contributed by atoms with Gasteiger partial charge in [0.25, 0.3) is 0 Å². The number of benzene rings is 1. The number of amides is 2. The first kappa shape index (κ1) is 17.2. The van der Waals surface area contributed by atoms with Crippen LogP contribution in [-0.4, -0.2) is 11.0 Å². The average Bonchev–Trinajstić information content (AvgIpc) is 2.95. The lowest BCUT2D eigenvalue weighted by molar-refractivity contribution is 0.251. The Bertz CT molecular complexity index is 576. The molecule has 0 aliphatic carbocycles. The summed E-state index contributed by atoms with van der Waals surface area (Å²) in [6.45, 7) is 8.58. The van der Waals surface area contributed by atoms with Gasteiger partial charge in [-0.3, -0.25) is 5.32 Å². The van der Waals surface area contributed by atoms with Crippen molar-refractivity contribution in [2.24, 2.45) is 0 Å². The van der Waals surface area contributed by atoms with Crippen LogP contribution >= 0.6 is 11.3 Å². The van der Waals surface area contributed by atoms with Crippen molar-refractivity contribution in [2.45, 2.75) is 40.7 Å². The number of nitrogens with zero attached hydrogens (tertiary/aromatic N) is 1. The van der Waals surface area contributed by atoms with Gasteiger partial charge in [0.05, 0.1) is 5.69 Å². The predicted octanol–water partition coefficient (Wildman–Crippen LogP) is 4.85. The third kappa shape index (κ3) is 5.95. The second kappa shape index (κ2) is 9.13. The number of rotatable bonds is 4. The molecule has 1 heterocycles. The molecule has 0 radical (unpaired) electrons. The summed E-state index contributed by atoms with van der Waals surface area (Å²) >= 11 is 1.44. The van der Waals surface area contributed by atoms with Crippen LogP contribution in [0, 0.1) is 6.92 Å². The number of hydrogen-bond acceptors (Lipinski definition) is 3. The van der Waals surface area contributed by atoms with Gasteiger partial charge in [-0.15, -0.1) is 11.3 Å². The fourth-order valence-electron chi connectivity index (χ4n) is 1.67. The van der Waals surface area contributed by atoms with Crippen LogP contribution < -0.4 is 10.6 Å². The monoisotopic (exact) mass is 309 g/mol. The Morgan fingerprint density at radius 1 is 1.38 bits per heavy atom. The topological polar surface area (TPSA) is 54.0 Å². The molecular weight excluding hydrogens is 282 g/mol. The molecule has 2 amide bonds. The van der Waals surface area contributed by atoms with Crippen LogP contribution in [0.25, 0.3) is 0 Å². The van der Waals surface area contributed by atoms with E-state index in [0.717, 1.165) is 17.7 Å². The van der Waals surface area contributed by atoms with E-state index in [1.54, 1.807) is 0 Å². The number of carbonyl (C=O) groups excluding carboxylic acids is 1. The summed E-state index contributed by atoms with van der Waals surface area (Å²) in [5.41, 5.74) is 3.27. The number of aromatic nitrogens is 1. The van der Waals surface area contributed by atoms with E-state index in [1.165, 1.54) is 16.9 Å². The molecule has 21 heavy (non-hydrogen) atoms. The van der Waals surface area contributed by atoms with Gasteiger partial charge in [-0.2, -0.15) is 0 Å². The molecule has 1 aromatic heterocycles. The van der Waals surface area contributed by atoms with Crippen LogP contribution in [0.2, 0.25) is 0 Å². The van der Waals surface area contributed by atoms with E-state index in [-0.39, 0.29) is 8.88 Å². The smallest absolute Gasteiger partial charge is 0.321 e. The molecule has 0 saturated carbocycles. The number of nitrogens with one attached hydrogen (secondary N) is 2. The Morgan fingerprint density at radius 2 is 2.14 bits per heavy atom. The molecule has 0 fully saturated rings. The van der Waals surface area contributed by atoms with E-state index in [1.807, 2.05) is 51.3 Å². The largest absolute Gasteiger partial charge is 0.334 e. The van der Waals surface area contributed by atoms with E-state index < -0.39 is 0 Å². The number of thiazole rings is 1. The summed E-state index contributed by atoms with van der Waals surface area (Å²) in [6, 6.07) is 7.84. The molecule has 0 aliphatic rings. The molecule has 4 nitrogen and oxygen atoms in total. The molecule has 1 aromatic carbocycles. The zero-order valence-corrected chi connectivity index (χ0v) is 13.9. The van der Waals surface area contributed by atoms with E-state index in [4.69, 9.17) is 0 Å². The van der Waals surface area contributed by atoms with Gasteiger partial charge in [-0.05, 0) is 18.9 Å². The summed E-state index contributed by atoms with van der Waals surface area (Å²) in [7, 11) is 0. The van der Waals surface area contributed by atoms with Gasteiger partial charge in [0.1, 0.15) is 0 Å². The third-order valence-corrected chi connectivity index (χ3v) is 3.48. The van der Waals surface area contributed by atoms with Crippen LogP contribution in [-0.2, 0) is 13.0 Å². The van der Waals surface area contributed by atoms with Crippen LogP contribution in [0.15, 0.2) is 29.6 Å². The van der Waals surface area contributed by atoms with Gasteiger partial charge >= 0.3 is 6.03 Å². The standard InChI is InChI=1S/C14H17N3OS.C2H6.2H2/c1-3-12-9-19-14(16-12)17-13(18)15-8-11-6-4-5-10(2)7-11;1-2;;/h4-7,9H,3,8H2,1-2H3,(H2,15,16,17,18);1-2H3;2*1H. The zero-order valence-electron chi connectivity index (χ0n) is 13.1. The van der Waals surface area contributed by atoms with Gasteiger partial charge in [-0.1, -0.05) is 50.6 Å². The van der Waals surface area contributed by atoms with Crippen LogP contribution in [0.1, 0.15) is 40.4 Å². The van der Waals surface area contributed by atoms with Crippen molar-refractivity contribution in [1.82, 2.24) is 10.3 Å². The minimum atomic E-state index is -0.224. The third-order valence-electron chi connectivity index (χ3n) is 2.67. The number of aryl methyl sites for hydroxylation is 2. The lowest BCUT2D eigenvalue weighted by Gasteiger charge is -2.06. The second-order valence-electron chi connectivity index (χ2n) is 4.29. The molecular formula is C16H27N3OS. The van der Waals surface area contributed by atoms with Gasteiger partial charge in [0, 0.05) is 14.8 Å². The first-order valence-electron chi connectivity index (χ1n) is 7.22. The minimum Gasteiger partial charge on any atom is -0.334 e. The molecule has 2 aromatic rings. The average molecular weight is 309 g/mol. The van der Waals surface area contributed by atoms with Crippen LogP contribution in [0.3, 0.4) is 0 Å². The summed E-state index contributed by atoms with van der Waals surface area (Å²) in [4.78, 5) is 16.0. The van der Waals surface area contributed by atoms with Gasteiger partial charge in [0.15, 0.2) is 5.13 Å². The van der Waals surface area contributed by atoms with Gasteiger partial charge in [0.2, 0.25) is 0 Å². The van der Waals surface area contributed by atoms with Crippen molar-refractivity contribution in [3.63, 3.8) is 0 Å². The maximum Gasteiger partial charge on any atom is 0.321 e. The van der Waals surface area contributed by atoms with Gasteiger partial charge < -0.3 is 5.32 Å². The van der Waals surface area contributed by atoms with Crippen molar-refractivity contribution in [3.8, 4) is 0 Å². The second-order valence-corrected chi connectivity index (χ2v) is 5.15. The van der Waals surface area contributed by atoms with E-state index in [9.17, 15) is 4.79 Å². The normalized spacial score (nSPS) is 9.52. The first-order chi connectivity index (χ1) is 10.2. The highest BCUT2D eigenvalue weighted by Gasteiger charge is 2.05. The Labute approximate surface area is 133 Å². The van der Waals surface area contributed by atoms with Crippen molar-refractivity contribution in [1.29, 1.82) is 0 Å². The van der Waals surface area contributed by atoms with Crippen molar-refractivity contribution >= 4 is 22.5 Å². The van der Waals surface area contributed by atoms with Gasteiger partial charge in [-0.25, -0.2) is 9.78 Å². The van der Waals surface area contributed by atoms with E-state index in [2.05, 4.69) is 21.7 Å². The van der Waals surface area contributed by atoms with Crippen molar-refractivity contribution in [3.05, 3.63) is 46.5 Å². The zero-order chi connectivity index (χ0) is 15.7. The highest BCUT2D eigenvalue weighted by atomic mass is 32.1. The molecule has 0 atom stereocenters. The SMILES string of the molecule is CC.CCc1csc(NC(=O)NCc2cccc(C)c2)n1.[HH].[HH]. The fraction of sp³-hybridized carbons (Fsp3) is 0.375. The summed E-state index contributed by atoms with van der Waals surface area (Å²) in [6.07, 6.45) is 0.878. The van der Waals surface area contributed by atoms with Crippen molar-refractivity contribution < 1.29 is 7.65 Å². The van der Waals surface area contributed by atoms with E-state index >= 15 is 0 Å². The number of carbonyl (C=O) groups is 1. The Kier molecular flexibility index (Phi) is 7.46. The lowest BCUT2D eigenvalue weighted by atomic mass is 10.1. The minimum absolute atomic E-state index is 0. The molecule has 2 N–H and O–H groups in total. The predicted molar refractivity (Wildman–Crippen MR) is 94.1 cm³/mol. The summed E-state index contributed by atoms with van der Waals surface area (Å²) < 4.78 is 0. The van der Waals surface area contributed by atoms with Crippen LogP contribution in [0.4, 0.5) is 9.93 Å². The summed E-state index contributed by atoms with van der Waals surface area (Å²) in [5, 5.41) is 8.15. The molecule has 5 heteroatoms. The highest BCUT2D eigenvalue weighted by molar-refractivity contribution is 7.13. The molecule has 0 saturated heterocycles. The Balaban J connectivity index is 0. The number of urea groups is 1. The fourth-order valence-corrected chi connectivity index (χ4v) is 2.46. The molecule has 0 spiro atoms. The highest BCUT2D eigenvalue weighted by Crippen LogP contribution is 2.15. The maximum atomic E-state index is 11.7. The Hall–Kier alpha value is -1.88. The van der Waals surface area contributed by atoms with Crippen LogP contribution in [0.5, 0.6) is 0 Å². The molecule has 0 aliphatic heterocycles. The molecule has 2 rings (SSSR count). The van der Waals surface area contributed by atoms with Crippen molar-refractivity contribution in [2.75, 3.05) is 5.32 Å². The number of hydrogen-bond donors (Lipinski definition) is 2. The molecule has 0 bridgehead atoms. The first-order valence-corrected chi connectivity index (χ1v) is 8.10. The Morgan fingerprint density at radius 3 is 2.76 bits per heavy atom. The lowest BCUT2D eigenvalue weighted by Crippen LogP contribution is -2.28. The summed E-state index contributed by atoms with van der Waals surface area (Å²) in [5.74, 6) is 0. The maximum absolute atomic E-state index is 11.7. The van der Waals surface area contributed by atoms with E-state index in [0.29, 0.717) is 11.7 Å². The molecule has 0 unspecified atom stereocenters. The molecule has 118 valence electrons. The number of anilines is 1.